The van der Waals surface area contributed by atoms with Crippen molar-refractivity contribution in [3.05, 3.63) is 77.5 Å². The number of methoxy groups -OCH3 is 1. The molecule has 0 aliphatic carbocycles. The Balaban J connectivity index is 1.65. The van der Waals surface area contributed by atoms with Gasteiger partial charge in [0, 0.05) is 5.56 Å². The molecule has 3 aromatic rings. The quantitative estimate of drug-likeness (QED) is 0.517. The van der Waals surface area contributed by atoms with Gasteiger partial charge >= 0.3 is 0 Å². The molecule has 136 valence electrons. The molecule has 1 heterocycles. The first-order chi connectivity index (χ1) is 13.2. The summed E-state index contributed by atoms with van der Waals surface area (Å²) in [4.78, 5) is 12.2. The number of nitrogens with one attached hydrogen (secondary N) is 2. The van der Waals surface area contributed by atoms with E-state index in [0.717, 1.165) is 16.7 Å². The number of carbonyl (C=O) groups is 1. The maximum Gasteiger partial charge on any atom is 0.289 e. The highest BCUT2D eigenvalue weighted by Gasteiger charge is 2.13. The number of rotatable bonds is 6. The summed E-state index contributed by atoms with van der Waals surface area (Å²) in [5.74, 6) is 0.322. The smallest absolute Gasteiger partial charge is 0.289 e. The van der Waals surface area contributed by atoms with Gasteiger partial charge in [-0.25, -0.2) is 5.43 Å². The van der Waals surface area contributed by atoms with E-state index in [1.165, 1.54) is 0 Å². The monoisotopic (exact) mass is 360 g/mol. The van der Waals surface area contributed by atoms with Crippen LogP contribution in [0.4, 0.5) is 0 Å². The van der Waals surface area contributed by atoms with E-state index in [1.54, 1.807) is 19.4 Å². The van der Waals surface area contributed by atoms with Crippen LogP contribution in [0.2, 0.25) is 0 Å². The van der Waals surface area contributed by atoms with Crippen molar-refractivity contribution in [3.63, 3.8) is 0 Å². The van der Waals surface area contributed by atoms with Crippen LogP contribution in [0, 0.1) is 0 Å². The van der Waals surface area contributed by atoms with Gasteiger partial charge in [0.2, 0.25) is 0 Å². The fourth-order valence-corrected chi connectivity index (χ4v) is 2.53. The first-order valence-corrected chi connectivity index (χ1v) is 8.43. The van der Waals surface area contributed by atoms with Crippen LogP contribution in [0.3, 0.4) is 0 Å². The number of H-pyrrole nitrogens is 1. The molecule has 2 aromatic carbocycles. The van der Waals surface area contributed by atoms with E-state index in [0.29, 0.717) is 17.1 Å². The molecule has 0 bridgehead atoms. The Morgan fingerprint density at radius 2 is 1.89 bits per heavy atom. The highest BCUT2D eigenvalue weighted by Crippen LogP contribution is 2.28. The number of carbonyl (C=O) groups excluding carboxylic acids is 1. The number of para-hydroxylation sites is 1. The summed E-state index contributed by atoms with van der Waals surface area (Å²) in [5.41, 5.74) is 6.24. The number of aromatic nitrogens is 2. The highest BCUT2D eigenvalue weighted by atomic mass is 16.5. The van der Waals surface area contributed by atoms with Gasteiger partial charge in [-0.05, 0) is 36.3 Å². The predicted molar refractivity (Wildman–Crippen MR) is 107 cm³/mol. The topological polar surface area (TPSA) is 79.4 Å². The van der Waals surface area contributed by atoms with E-state index in [2.05, 4.69) is 20.7 Å². The molecule has 0 atom stereocenters. The zero-order valence-corrected chi connectivity index (χ0v) is 15.1. The lowest BCUT2D eigenvalue weighted by molar-refractivity contribution is 0.0950. The van der Waals surface area contributed by atoms with Gasteiger partial charge in [0.15, 0.2) is 0 Å². The van der Waals surface area contributed by atoms with Gasteiger partial charge < -0.3 is 4.74 Å². The van der Waals surface area contributed by atoms with Crippen LogP contribution in [0.5, 0.6) is 5.75 Å². The summed E-state index contributed by atoms with van der Waals surface area (Å²) in [7, 11) is 1.60. The van der Waals surface area contributed by atoms with E-state index in [9.17, 15) is 4.79 Å². The Kier molecular flexibility index (Phi) is 5.79. The molecule has 0 fully saturated rings. The molecule has 0 aliphatic heterocycles. The van der Waals surface area contributed by atoms with Crippen molar-refractivity contribution in [2.45, 2.75) is 6.92 Å². The van der Waals surface area contributed by atoms with Gasteiger partial charge in [-0.15, -0.1) is 0 Å². The first-order valence-electron chi connectivity index (χ1n) is 8.43. The average molecular weight is 360 g/mol. The van der Waals surface area contributed by atoms with Crippen LogP contribution < -0.4 is 10.2 Å². The third-order valence-corrected chi connectivity index (χ3v) is 3.83. The normalized spacial score (nSPS) is 11.6. The fourth-order valence-electron chi connectivity index (χ4n) is 2.53. The molecule has 0 spiro atoms. The van der Waals surface area contributed by atoms with Gasteiger partial charge in [0.1, 0.15) is 11.4 Å². The summed E-state index contributed by atoms with van der Waals surface area (Å²) < 4.78 is 5.33. The minimum Gasteiger partial charge on any atom is -0.496 e. The molecule has 1 aromatic heterocycles. The van der Waals surface area contributed by atoms with Crippen molar-refractivity contribution < 1.29 is 9.53 Å². The number of benzene rings is 2. The number of amides is 1. The number of aromatic amines is 1. The van der Waals surface area contributed by atoms with Crippen molar-refractivity contribution in [1.82, 2.24) is 15.6 Å². The molecule has 2 N–H and O–H groups in total. The summed E-state index contributed by atoms with van der Waals surface area (Å²) in [6, 6.07) is 19.1. The predicted octanol–water partition coefficient (Wildman–Crippen LogP) is 3.90. The number of nitrogens with zero attached hydrogens (tertiary/aromatic N) is 2. The first kappa shape index (κ1) is 18.1. The Morgan fingerprint density at radius 3 is 2.67 bits per heavy atom. The van der Waals surface area contributed by atoms with E-state index in [1.807, 2.05) is 67.6 Å². The van der Waals surface area contributed by atoms with Crippen LogP contribution in [-0.2, 0) is 0 Å². The molecule has 1 amide bonds. The van der Waals surface area contributed by atoms with Crippen LogP contribution in [-0.4, -0.2) is 29.4 Å². The molecule has 3 rings (SSSR count). The molecular weight excluding hydrogens is 340 g/mol. The van der Waals surface area contributed by atoms with Gasteiger partial charge in [-0.2, -0.15) is 10.2 Å². The van der Waals surface area contributed by atoms with Gasteiger partial charge in [-0.1, -0.05) is 48.5 Å². The zero-order valence-electron chi connectivity index (χ0n) is 15.1. The Bertz CT molecular complexity index is 975. The molecule has 0 radical (unpaired) electrons. The minimum atomic E-state index is -0.368. The second-order valence-corrected chi connectivity index (χ2v) is 5.87. The van der Waals surface area contributed by atoms with Gasteiger partial charge in [0.05, 0.1) is 19.0 Å². The number of hydrogen-bond acceptors (Lipinski definition) is 4. The second-order valence-electron chi connectivity index (χ2n) is 5.87. The lowest BCUT2D eigenvalue weighted by Gasteiger charge is -2.04. The average Bonchev–Trinajstić information content (AvgIpc) is 3.19. The summed E-state index contributed by atoms with van der Waals surface area (Å²) in [6.45, 7) is 1.92. The summed E-state index contributed by atoms with van der Waals surface area (Å²) in [6.07, 6.45) is 3.58. The van der Waals surface area contributed by atoms with E-state index < -0.39 is 0 Å². The molecule has 6 nitrogen and oxygen atoms in total. The number of ether oxygens (including phenoxy) is 1. The standard InChI is InChI=1S/C21H20N4O2/c1-15(12-16-8-4-3-5-9-16)14-22-25-21(26)19-13-18(23-24-19)17-10-6-7-11-20(17)27-2/h3-14H,1-2H3,(H,23,24)(H,25,26)/b15-12+,22-14-. The molecular formula is C21H20N4O2. The molecule has 0 unspecified atom stereocenters. The van der Waals surface area contributed by atoms with E-state index in [4.69, 9.17) is 4.74 Å². The van der Waals surface area contributed by atoms with Crippen molar-refractivity contribution >= 4 is 18.2 Å². The molecule has 0 saturated carbocycles. The Labute approximate surface area is 157 Å². The molecule has 0 aliphatic rings. The van der Waals surface area contributed by atoms with Crippen LogP contribution in [0.1, 0.15) is 23.0 Å². The third kappa shape index (κ3) is 4.70. The lowest BCUT2D eigenvalue weighted by Crippen LogP contribution is -2.17. The molecule has 6 heteroatoms. The number of allylic oxidation sites excluding steroid dienone is 1. The van der Waals surface area contributed by atoms with Crippen LogP contribution in [0.25, 0.3) is 17.3 Å². The third-order valence-electron chi connectivity index (χ3n) is 3.83. The van der Waals surface area contributed by atoms with E-state index in [-0.39, 0.29) is 5.91 Å². The SMILES string of the molecule is COc1ccccc1-c1cc(C(=O)N/N=C\C(C)=C\c2ccccc2)[nH]n1. The minimum absolute atomic E-state index is 0.317. The second kappa shape index (κ2) is 8.62. The lowest BCUT2D eigenvalue weighted by atomic mass is 10.1. The highest BCUT2D eigenvalue weighted by molar-refractivity contribution is 5.94. The number of hydrazone groups is 1. The maximum absolute atomic E-state index is 12.2. The maximum atomic E-state index is 12.2. The van der Waals surface area contributed by atoms with Crippen molar-refractivity contribution in [2.75, 3.05) is 7.11 Å². The van der Waals surface area contributed by atoms with Crippen molar-refractivity contribution in [2.24, 2.45) is 5.10 Å². The van der Waals surface area contributed by atoms with Gasteiger partial charge in [-0.3, -0.25) is 9.89 Å². The zero-order chi connectivity index (χ0) is 19.1. The largest absolute Gasteiger partial charge is 0.496 e. The molecule has 27 heavy (non-hydrogen) atoms. The number of hydrogen-bond donors (Lipinski definition) is 2. The summed E-state index contributed by atoms with van der Waals surface area (Å²) in [5, 5.41) is 10.9. The Morgan fingerprint density at radius 1 is 1.15 bits per heavy atom. The van der Waals surface area contributed by atoms with Gasteiger partial charge in [0.25, 0.3) is 5.91 Å². The Hall–Kier alpha value is -3.67. The van der Waals surface area contributed by atoms with Crippen LogP contribution >= 0.6 is 0 Å². The summed E-state index contributed by atoms with van der Waals surface area (Å²) >= 11 is 0. The van der Waals surface area contributed by atoms with E-state index >= 15 is 0 Å². The molecule has 0 saturated heterocycles. The van der Waals surface area contributed by atoms with Crippen LogP contribution in [0.15, 0.2) is 71.3 Å². The fraction of sp³-hybridized carbons (Fsp3) is 0.0952. The van der Waals surface area contributed by atoms with Crippen molar-refractivity contribution in [3.8, 4) is 17.0 Å². The van der Waals surface area contributed by atoms with Crippen molar-refractivity contribution in [1.29, 1.82) is 0 Å².